The van der Waals surface area contributed by atoms with Crippen molar-refractivity contribution in [1.29, 1.82) is 0 Å². The van der Waals surface area contributed by atoms with Gasteiger partial charge in [0.2, 0.25) is 0 Å². The molecule has 4 aromatic rings. The van der Waals surface area contributed by atoms with E-state index in [2.05, 4.69) is 14.7 Å². The molecular weight excluding hydrogens is 607 g/mol. The van der Waals surface area contributed by atoms with Crippen LogP contribution in [0.15, 0.2) is 102 Å². The Labute approximate surface area is 233 Å². The summed E-state index contributed by atoms with van der Waals surface area (Å²) in [6.45, 7) is 1.08. The van der Waals surface area contributed by atoms with Gasteiger partial charge in [0.05, 0.1) is 28.3 Å². The Morgan fingerprint density at radius 3 is 2.03 bits per heavy atom. The Bertz CT molecular complexity index is 1380. The average Bonchev–Trinajstić information content (AvgIpc) is 2.90. The number of rotatable bonds is 6. The number of pyridine rings is 2. The summed E-state index contributed by atoms with van der Waals surface area (Å²) in [5.74, 6) is -0.283. The Morgan fingerprint density at radius 2 is 1.58 bits per heavy atom. The van der Waals surface area contributed by atoms with E-state index in [9.17, 15) is 18.5 Å². The second kappa shape index (κ2) is 15.8. The number of non-ortho nitro benzene ring substituents is 1. The molecule has 0 saturated carbocycles. The minimum Gasteiger partial charge on any atom is -0.497 e. The number of nitrogens with zero attached hydrogens (tertiary/aromatic N) is 3. The fourth-order valence-corrected chi connectivity index (χ4v) is 3.82. The van der Waals surface area contributed by atoms with Gasteiger partial charge < -0.3 is 9.84 Å². The number of aliphatic carboxylic acids is 1. The van der Waals surface area contributed by atoms with Crippen molar-refractivity contribution in [3.8, 4) is 17.0 Å². The summed E-state index contributed by atoms with van der Waals surface area (Å²) in [6, 6.07) is 20.5. The molecule has 13 heteroatoms. The minimum atomic E-state index is -3.95. The smallest absolute Gasteiger partial charge is 0.300 e. The molecule has 0 fully saturated rings. The van der Waals surface area contributed by atoms with Crippen molar-refractivity contribution in [3.05, 3.63) is 108 Å². The number of carboxylic acids is 1. The van der Waals surface area contributed by atoms with Crippen LogP contribution in [-0.4, -0.2) is 41.5 Å². The van der Waals surface area contributed by atoms with Crippen LogP contribution < -0.4 is 9.46 Å². The van der Waals surface area contributed by atoms with Crippen LogP contribution in [0.4, 0.5) is 11.4 Å². The molecule has 4 rings (SSSR count). The van der Waals surface area contributed by atoms with E-state index in [1.165, 1.54) is 19.2 Å². The number of ether oxygens (including phenoxy) is 1. The normalized spacial score (nSPS) is 9.74. The molecule has 202 valence electrons. The molecule has 2 heterocycles. The van der Waals surface area contributed by atoms with Crippen LogP contribution in [0.3, 0.4) is 0 Å². The van der Waals surface area contributed by atoms with E-state index in [0.717, 1.165) is 19.1 Å². The predicted octanol–water partition coefficient (Wildman–Crippen LogP) is 4.64. The zero-order valence-corrected chi connectivity index (χ0v) is 22.6. The average molecular weight is 631 g/mol. The summed E-state index contributed by atoms with van der Waals surface area (Å²) in [7, 11) is -2.43. The van der Waals surface area contributed by atoms with Gasteiger partial charge in [-0.1, -0.05) is 12.1 Å². The van der Waals surface area contributed by atoms with E-state index in [4.69, 9.17) is 14.6 Å². The molecule has 0 atom stereocenters. The molecule has 11 nitrogen and oxygen atoms in total. The van der Waals surface area contributed by atoms with Gasteiger partial charge in [-0.15, -0.1) is 0 Å². The molecule has 2 aromatic carbocycles. The predicted molar refractivity (Wildman–Crippen MR) is 138 cm³/mol. The number of methoxy groups -OCH3 is 1. The maximum absolute atomic E-state index is 12.7. The minimum absolute atomic E-state index is 0. The van der Waals surface area contributed by atoms with Crippen molar-refractivity contribution in [3.63, 3.8) is 0 Å². The molecular formula is C25H24N4O7PdS. The molecule has 0 saturated heterocycles. The summed E-state index contributed by atoms with van der Waals surface area (Å²) in [4.78, 5) is 27.1. The molecule has 0 spiro atoms. The maximum atomic E-state index is 12.7. The first-order valence-electron chi connectivity index (χ1n) is 10.6. The van der Waals surface area contributed by atoms with Gasteiger partial charge in [-0.05, 0) is 54.6 Å². The Morgan fingerprint density at radius 1 is 0.974 bits per heavy atom. The number of nitrogens with one attached hydrogen (secondary N) is 1. The molecule has 0 aliphatic heterocycles. The standard InChI is InChI=1S/C18H15N3O5S.C5H5N.C2H4O2.Pd/c1-26-14-7-10-18(16(12-14)17-4-2-3-11-19-17)20-27(24,25)15-8-5-13(6-9-15)21(22)23;1-2-4-6-5-3-1;1-2(3)4;/h2-12,20H,1H3;1-5H;1H3,(H,3,4);. The van der Waals surface area contributed by atoms with Crippen molar-refractivity contribution >= 4 is 27.4 Å². The molecule has 0 radical (unpaired) electrons. The zero-order chi connectivity index (χ0) is 27.3. The van der Waals surface area contributed by atoms with Gasteiger partial charge >= 0.3 is 0 Å². The van der Waals surface area contributed by atoms with Crippen LogP contribution in [0.2, 0.25) is 0 Å². The van der Waals surface area contributed by atoms with Gasteiger partial charge in [0.1, 0.15) is 5.75 Å². The number of hydrogen-bond acceptors (Lipinski definition) is 8. The number of carboxylic acid groups (broad SMARTS) is 1. The number of carbonyl (C=O) groups is 1. The van der Waals surface area contributed by atoms with Gasteiger partial charge in [0.15, 0.2) is 0 Å². The summed E-state index contributed by atoms with van der Waals surface area (Å²) >= 11 is 0. The fraction of sp³-hybridized carbons (Fsp3) is 0.0800. The van der Waals surface area contributed by atoms with E-state index < -0.39 is 20.9 Å². The molecule has 0 unspecified atom stereocenters. The van der Waals surface area contributed by atoms with Crippen LogP contribution in [0, 0.1) is 10.1 Å². The van der Waals surface area contributed by atoms with Crippen molar-refractivity contribution < 1.29 is 48.4 Å². The number of nitro groups is 1. The quantitative estimate of drug-likeness (QED) is 0.176. The monoisotopic (exact) mass is 630 g/mol. The molecule has 0 aliphatic rings. The summed E-state index contributed by atoms with van der Waals surface area (Å²) in [5, 5.41) is 18.2. The van der Waals surface area contributed by atoms with Crippen molar-refractivity contribution in [2.45, 2.75) is 11.8 Å². The maximum Gasteiger partial charge on any atom is 0.300 e. The van der Waals surface area contributed by atoms with E-state index in [0.29, 0.717) is 22.7 Å². The van der Waals surface area contributed by atoms with E-state index in [1.807, 2.05) is 18.2 Å². The second-order valence-electron chi connectivity index (χ2n) is 7.03. The van der Waals surface area contributed by atoms with Crippen molar-refractivity contribution in [1.82, 2.24) is 9.97 Å². The zero-order valence-electron chi connectivity index (χ0n) is 20.2. The van der Waals surface area contributed by atoms with E-state index in [-0.39, 0.29) is 31.0 Å². The van der Waals surface area contributed by atoms with Crippen molar-refractivity contribution in [2.24, 2.45) is 0 Å². The topological polar surface area (TPSA) is 162 Å². The third kappa shape index (κ3) is 10.4. The largest absolute Gasteiger partial charge is 0.497 e. The number of sulfonamides is 1. The van der Waals surface area contributed by atoms with E-state index in [1.54, 1.807) is 55.0 Å². The van der Waals surface area contributed by atoms with Gasteiger partial charge in [0, 0.05) is 63.6 Å². The fourth-order valence-electron chi connectivity index (χ4n) is 2.74. The number of hydrogen-bond donors (Lipinski definition) is 2. The van der Waals surface area contributed by atoms with Gasteiger partial charge in [-0.2, -0.15) is 0 Å². The first-order chi connectivity index (χ1) is 17.6. The molecule has 2 N–H and O–H groups in total. The van der Waals surface area contributed by atoms with Crippen LogP contribution >= 0.6 is 0 Å². The van der Waals surface area contributed by atoms with Crippen LogP contribution in [0.25, 0.3) is 11.3 Å². The van der Waals surface area contributed by atoms with Gasteiger partial charge in [-0.3, -0.25) is 29.6 Å². The summed E-state index contributed by atoms with van der Waals surface area (Å²) < 4.78 is 33.1. The molecule has 2 aromatic heterocycles. The number of aromatic nitrogens is 2. The van der Waals surface area contributed by atoms with Crippen molar-refractivity contribution in [2.75, 3.05) is 11.8 Å². The van der Waals surface area contributed by atoms with Gasteiger partial charge in [-0.25, -0.2) is 8.42 Å². The third-order valence-electron chi connectivity index (χ3n) is 4.34. The third-order valence-corrected chi connectivity index (χ3v) is 5.72. The molecule has 38 heavy (non-hydrogen) atoms. The van der Waals surface area contributed by atoms with Gasteiger partial charge in [0.25, 0.3) is 21.7 Å². The summed E-state index contributed by atoms with van der Waals surface area (Å²) in [6.07, 6.45) is 5.10. The number of nitro benzene ring substituents is 1. The first kappa shape index (κ1) is 31.9. The first-order valence-corrected chi connectivity index (χ1v) is 12.0. The number of benzene rings is 2. The second-order valence-corrected chi connectivity index (χ2v) is 8.71. The van der Waals surface area contributed by atoms with Crippen LogP contribution in [0.1, 0.15) is 6.92 Å². The Kier molecular flexibility index (Phi) is 13.3. The Balaban J connectivity index is 0.000000553. The molecule has 0 bridgehead atoms. The van der Waals surface area contributed by atoms with Crippen LogP contribution in [-0.2, 0) is 35.2 Å². The molecule has 0 amide bonds. The number of anilines is 1. The summed E-state index contributed by atoms with van der Waals surface area (Å²) in [5.41, 5.74) is 1.23. The molecule has 0 aliphatic carbocycles. The van der Waals surface area contributed by atoms with Crippen LogP contribution in [0.5, 0.6) is 5.75 Å². The Hall–Kier alpha value is -4.18. The van der Waals surface area contributed by atoms with E-state index >= 15 is 0 Å². The SMILES string of the molecule is CC(=O)O.COc1ccc(NS(=O)(=O)c2ccc([N+](=O)[O-])cc2)c(-c2ccccn2)c1.[Pd].c1ccncc1.